The fourth-order valence-corrected chi connectivity index (χ4v) is 2.35. The van der Waals surface area contributed by atoms with Crippen LogP contribution in [-0.4, -0.2) is 16.1 Å². The minimum atomic E-state index is 0.125. The minimum Gasteiger partial charge on any atom is -0.309 e. The van der Waals surface area contributed by atoms with Crippen molar-refractivity contribution >= 4 is 11.7 Å². The van der Waals surface area contributed by atoms with Gasteiger partial charge in [0.25, 0.3) is 0 Å². The predicted molar refractivity (Wildman–Crippen MR) is 63.2 cm³/mol. The molecular weight excluding hydrogens is 202 g/mol. The van der Waals surface area contributed by atoms with Crippen molar-refractivity contribution in [2.45, 2.75) is 40.0 Å². The number of carbonyl (C=O) groups excluding carboxylic acids is 1. The molecule has 2 rings (SSSR count). The topological polar surface area (TPSA) is 57.8 Å². The molecule has 1 aromatic rings. The van der Waals surface area contributed by atoms with Gasteiger partial charge >= 0.3 is 0 Å². The van der Waals surface area contributed by atoms with Gasteiger partial charge in [0.2, 0.25) is 5.91 Å². The third-order valence-corrected chi connectivity index (χ3v) is 3.69. The second kappa shape index (κ2) is 4.28. The molecule has 0 bridgehead atoms. The van der Waals surface area contributed by atoms with Crippen LogP contribution in [0.3, 0.4) is 0 Å². The highest BCUT2D eigenvalue weighted by atomic mass is 16.2. The number of amides is 1. The summed E-state index contributed by atoms with van der Waals surface area (Å²) in [4.78, 5) is 12.0. The highest BCUT2D eigenvalue weighted by molar-refractivity contribution is 5.92. The van der Waals surface area contributed by atoms with Crippen molar-refractivity contribution in [3.05, 3.63) is 11.3 Å². The minimum absolute atomic E-state index is 0.125. The lowest BCUT2D eigenvalue weighted by Gasteiger charge is -2.14. The van der Waals surface area contributed by atoms with Crippen molar-refractivity contribution in [1.29, 1.82) is 0 Å². The molecule has 2 unspecified atom stereocenters. The summed E-state index contributed by atoms with van der Waals surface area (Å²) in [5.41, 5.74) is 2.04. The molecule has 0 saturated heterocycles. The van der Waals surface area contributed by atoms with E-state index in [1.807, 2.05) is 13.8 Å². The molecule has 0 aliphatic heterocycles. The van der Waals surface area contributed by atoms with Gasteiger partial charge in [0, 0.05) is 17.2 Å². The number of aromatic amines is 1. The van der Waals surface area contributed by atoms with E-state index >= 15 is 0 Å². The van der Waals surface area contributed by atoms with Crippen molar-refractivity contribution in [3.8, 4) is 0 Å². The molecule has 1 saturated carbocycles. The maximum atomic E-state index is 12.0. The molecule has 88 valence electrons. The molecule has 4 nitrogen and oxygen atoms in total. The Morgan fingerprint density at radius 3 is 2.69 bits per heavy atom. The molecule has 2 N–H and O–H groups in total. The zero-order chi connectivity index (χ0) is 11.7. The van der Waals surface area contributed by atoms with E-state index in [0.29, 0.717) is 11.7 Å². The maximum Gasteiger partial charge on any atom is 0.228 e. The number of carbonyl (C=O) groups is 1. The molecular formula is C12H19N3O. The Hall–Kier alpha value is -1.32. The van der Waals surface area contributed by atoms with Crippen molar-refractivity contribution < 1.29 is 4.79 Å². The van der Waals surface area contributed by atoms with Crippen LogP contribution in [0.4, 0.5) is 5.82 Å². The first-order valence-electron chi connectivity index (χ1n) is 5.92. The van der Waals surface area contributed by atoms with Gasteiger partial charge < -0.3 is 5.32 Å². The van der Waals surface area contributed by atoms with E-state index in [1.165, 1.54) is 0 Å². The molecule has 0 spiro atoms. The molecule has 1 fully saturated rings. The molecule has 1 aliphatic carbocycles. The predicted octanol–water partition coefficient (Wildman–Crippen LogP) is 2.40. The van der Waals surface area contributed by atoms with Gasteiger partial charge in [0.1, 0.15) is 0 Å². The van der Waals surface area contributed by atoms with E-state index in [0.717, 1.165) is 30.5 Å². The highest BCUT2D eigenvalue weighted by Gasteiger charge is 2.30. The van der Waals surface area contributed by atoms with Crippen molar-refractivity contribution in [2.75, 3.05) is 5.32 Å². The smallest absolute Gasteiger partial charge is 0.228 e. The fourth-order valence-electron chi connectivity index (χ4n) is 2.35. The molecule has 0 aromatic carbocycles. The van der Waals surface area contributed by atoms with Crippen LogP contribution in [0.2, 0.25) is 0 Å². The third kappa shape index (κ3) is 1.96. The van der Waals surface area contributed by atoms with Gasteiger partial charge in [-0.25, -0.2) is 0 Å². The molecule has 16 heavy (non-hydrogen) atoms. The Morgan fingerprint density at radius 2 is 2.19 bits per heavy atom. The maximum absolute atomic E-state index is 12.0. The Balaban J connectivity index is 2.05. The van der Waals surface area contributed by atoms with E-state index in [2.05, 4.69) is 22.4 Å². The summed E-state index contributed by atoms with van der Waals surface area (Å²) in [5.74, 6) is 1.47. The Morgan fingerprint density at radius 1 is 1.44 bits per heavy atom. The van der Waals surface area contributed by atoms with Crippen LogP contribution in [0.5, 0.6) is 0 Å². The van der Waals surface area contributed by atoms with Crippen LogP contribution in [0, 0.1) is 25.7 Å². The largest absolute Gasteiger partial charge is 0.309 e. The SMILES string of the molecule is Cc1[nH]nc(NC(=O)C2CCCC2C)c1C. The van der Waals surface area contributed by atoms with Crippen LogP contribution >= 0.6 is 0 Å². The number of hydrogen-bond acceptors (Lipinski definition) is 2. The number of anilines is 1. The number of nitrogens with one attached hydrogen (secondary N) is 2. The standard InChI is InChI=1S/C12H19N3O/c1-7-5-4-6-10(7)12(16)13-11-8(2)9(3)14-15-11/h7,10H,4-6H2,1-3H3,(H2,13,14,15,16). The number of rotatable bonds is 2. The van der Waals surface area contributed by atoms with Crippen LogP contribution in [0.15, 0.2) is 0 Å². The van der Waals surface area contributed by atoms with Gasteiger partial charge in [-0.2, -0.15) is 5.10 Å². The number of aromatic nitrogens is 2. The molecule has 1 aliphatic rings. The summed E-state index contributed by atoms with van der Waals surface area (Å²) in [6.45, 7) is 6.07. The average molecular weight is 221 g/mol. The van der Waals surface area contributed by atoms with Gasteiger partial charge in [-0.15, -0.1) is 0 Å². The van der Waals surface area contributed by atoms with E-state index in [4.69, 9.17) is 0 Å². The number of aryl methyl sites for hydroxylation is 1. The molecule has 4 heteroatoms. The molecule has 1 aromatic heterocycles. The van der Waals surface area contributed by atoms with E-state index in [9.17, 15) is 4.79 Å². The summed E-state index contributed by atoms with van der Waals surface area (Å²) in [6, 6.07) is 0. The number of nitrogens with zero attached hydrogens (tertiary/aromatic N) is 1. The Labute approximate surface area is 95.8 Å². The van der Waals surface area contributed by atoms with Crippen LogP contribution in [-0.2, 0) is 4.79 Å². The highest BCUT2D eigenvalue weighted by Crippen LogP contribution is 2.32. The molecule has 0 radical (unpaired) electrons. The van der Waals surface area contributed by atoms with Crippen LogP contribution in [0.1, 0.15) is 37.4 Å². The van der Waals surface area contributed by atoms with E-state index in [-0.39, 0.29) is 11.8 Å². The van der Waals surface area contributed by atoms with Gasteiger partial charge in [-0.05, 0) is 32.6 Å². The van der Waals surface area contributed by atoms with Crippen molar-refractivity contribution in [2.24, 2.45) is 11.8 Å². The van der Waals surface area contributed by atoms with Gasteiger partial charge in [-0.3, -0.25) is 9.89 Å². The Bertz CT molecular complexity index is 397. The fraction of sp³-hybridized carbons (Fsp3) is 0.667. The number of H-pyrrole nitrogens is 1. The Kier molecular flexibility index (Phi) is 2.99. The van der Waals surface area contributed by atoms with E-state index in [1.54, 1.807) is 0 Å². The zero-order valence-corrected chi connectivity index (χ0v) is 10.1. The van der Waals surface area contributed by atoms with Gasteiger partial charge in [-0.1, -0.05) is 13.3 Å². The van der Waals surface area contributed by atoms with Crippen LogP contribution < -0.4 is 5.32 Å². The quantitative estimate of drug-likeness (QED) is 0.805. The zero-order valence-electron chi connectivity index (χ0n) is 10.1. The molecule has 2 atom stereocenters. The summed E-state index contributed by atoms with van der Waals surface area (Å²) in [6.07, 6.45) is 3.34. The monoisotopic (exact) mass is 221 g/mol. The normalized spacial score (nSPS) is 24.7. The summed E-state index contributed by atoms with van der Waals surface area (Å²) in [7, 11) is 0. The first-order chi connectivity index (χ1) is 7.59. The van der Waals surface area contributed by atoms with Gasteiger partial charge in [0.15, 0.2) is 5.82 Å². The van der Waals surface area contributed by atoms with E-state index < -0.39 is 0 Å². The lowest BCUT2D eigenvalue weighted by molar-refractivity contribution is -0.120. The first kappa shape index (κ1) is 11.2. The average Bonchev–Trinajstić information content (AvgIpc) is 2.79. The number of hydrogen-bond donors (Lipinski definition) is 2. The summed E-state index contributed by atoms with van der Waals surface area (Å²) in [5, 5.41) is 9.90. The summed E-state index contributed by atoms with van der Waals surface area (Å²) >= 11 is 0. The second-order valence-electron chi connectivity index (χ2n) is 4.83. The summed E-state index contributed by atoms with van der Waals surface area (Å²) < 4.78 is 0. The van der Waals surface area contributed by atoms with Crippen molar-refractivity contribution in [1.82, 2.24) is 10.2 Å². The van der Waals surface area contributed by atoms with Crippen LogP contribution in [0.25, 0.3) is 0 Å². The third-order valence-electron chi connectivity index (χ3n) is 3.69. The van der Waals surface area contributed by atoms with Gasteiger partial charge in [0.05, 0.1) is 0 Å². The molecule has 1 heterocycles. The first-order valence-corrected chi connectivity index (χ1v) is 5.92. The lowest BCUT2D eigenvalue weighted by Crippen LogP contribution is -2.25. The molecule has 1 amide bonds. The van der Waals surface area contributed by atoms with Crippen molar-refractivity contribution in [3.63, 3.8) is 0 Å². The second-order valence-corrected chi connectivity index (χ2v) is 4.83. The lowest BCUT2D eigenvalue weighted by atomic mass is 9.97.